The highest BCUT2D eigenvalue weighted by atomic mass is 16.2. The molecule has 1 aliphatic heterocycles. The predicted molar refractivity (Wildman–Crippen MR) is 69.7 cm³/mol. The van der Waals surface area contributed by atoms with Crippen LogP contribution in [0.5, 0.6) is 0 Å². The third-order valence-electron chi connectivity index (χ3n) is 3.25. The fourth-order valence-corrected chi connectivity index (χ4v) is 2.34. The summed E-state index contributed by atoms with van der Waals surface area (Å²) in [7, 11) is 0. The summed E-state index contributed by atoms with van der Waals surface area (Å²) in [5, 5.41) is 3.28. The third-order valence-corrected chi connectivity index (χ3v) is 3.25. The minimum absolute atomic E-state index is 0.0193. The van der Waals surface area contributed by atoms with Crippen LogP contribution in [-0.2, 0) is 11.3 Å². The van der Waals surface area contributed by atoms with Crippen molar-refractivity contribution in [2.24, 2.45) is 0 Å². The molecule has 0 saturated heterocycles. The van der Waals surface area contributed by atoms with Crippen LogP contribution in [0.2, 0.25) is 0 Å². The van der Waals surface area contributed by atoms with Crippen LogP contribution < -0.4 is 10.7 Å². The maximum absolute atomic E-state index is 12.3. The van der Waals surface area contributed by atoms with Crippen molar-refractivity contribution in [3.63, 3.8) is 0 Å². The largest absolute Gasteiger partial charge is 0.312 e. The molecule has 92 valence electrons. The van der Waals surface area contributed by atoms with Crippen LogP contribution in [0.4, 0.5) is 0 Å². The number of carbonyl (C=O) groups is 1. The highest BCUT2D eigenvalue weighted by Gasteiger charge is 2.25. The molecule has 18 heavy (non-hydrogen) atoms. The Labute approximate surface area is 106 Å². The lowest BCUT2D eigenvalue weighted by Gasteiger charge is -2.25. The Morgan fingerprint density at radius 3 is 2.83 bits per heavy atom. The molecule has 2 aromatic rings. The van der Waals surface area contributed by atoms with Crippen molar-refractivity contribution in [3.8, 4) is 0 Å². The zero-order valence-electron chi connectivity index (χ0n) is 9.97. The molecule has 0 bridgehead atoms. The van der Waals surface area contributed by atoms with Crippen molar-refractivity contribution >= 4 is 5.91 Å². The van der Waals surface area contributed by atoms with Crippen molar-refractivity contribution in [3.05, 3.63) is 59.9 Å². The number of rotatable bonds is 2. The van der Waals surface area contributed by atoms with Gasteiger partial charge in [0.05, 0.1) is 5.92 Å². The van der Waals surface area contributed by atoms with Gasteiger partial charge in [0.25, 0.3) is 0 Å². The van der Waals surface area contributed by atoms with E-state index in [1.807, 2.05) is 42.7 Å². The summed E-state index contributed by atoms with van der Waals surface area (Å²) >= 11 is 0. The third kappa shape index (κ3) is 2.02. The minimum Gasteiger partial charge on any atom is -0.312 e. The van der Waals surface area contributed by atoms with Crippen LogP contribution in [0.25, 0.3) is 0 Å². The first-order chi connectivity index (χ1) is 8.84. The molecule has 3 rings (SSSR count). The average Bonchev–Trinajstić information content (AvgIpc) is 2.91. The van der Waals surface area contributed by atoms with Crippen molar-refractivity contribution in [2.75, 3.05) is 12.0 Å². The normalized spacial score (nSPS) is 18.1. The smallest absolute Gasteiger partial charge is 0.247 e. The molecule has 0 spiro atoms. The lowest BCUT2D eigenvalue weighted by Crippen LogP contribution is -2.37. The van der Waals surface area contributed by atoms with E-state index in [2.05, 4.69) is 16.8 Å². The lowest BCUT2D eigenvalue weighted by molar-refractivity contribution is -0.118. The second-order valence-electron chi connectivity index (χ2n) is 4.45. The predicted octanol–water partition coefficient (Wildman–Crippen LogP) is 1.45. The van der Waals surface area contributed by atoms with E-state index in [9.17, 15) is 4.79 Å². The second-order valence-corrected chi connectivity index (χ2v) is 4.45. The molecule has 1 aromatic carbocycles. The first kappa shape index (κ1) is 11.0. The zero-order valence-corrected chi connectivity index (χ0v) is 9.97. The van der Waals surface area contributed by atoms with Crippen molar-refractivity contribution in [2.45, 2.75) is 12.5 Å². The summed E-state index contributed by atoms with van der Waals surface area (Å²) in [4.78, 5) is 12.3. The first-order valence-corrected chi connectivity index (χ1v) is 6.07. The summed E-state index contributed by atoms with van der Waals surface area (Å²) in [6, 6.07) is 11.9. The summed E-state index contributed by atoms with van der Waals surface area (Å²) in [6.07, 6.45) is 3.64. The summed E-state index contributed by atoms with van der Waals surface area (Å²) < 4.78 is 1.68. The van der Waals surface area contributed by atoms with Crippen molar-refractivity contribution < 1.29 is 4.79 Å². The molecule has 0 fully saturated rings. The van der Waals surface area contributed by atoms with E-state index in [1.54, 1.807) is 4.68 Å². The summed E-state index contributed by atoms with van der Waals surface area (Å²) in [6.45, 7) is 1.52. The van der Waals surface area contributed by atoms with Crippen LogP contribution in [0.15, 0.2) is 48.8 Å². The molecule has 1 unspecified atom stereocenters. The molecule has 1 aromatic heterocycles. The Kier molecular flexibility index (Phi) is 2.86. The molecule has 2 heterocycles. The number of aromatic nitrogens is 1. The molecule has 0 aliphatic carbocycles. The molecular formula is C14H15N3O. The quantitative estimate of drug-likeness (QED) is 0.836. The SMILES string of the molecule is O=C(Nn1cccc1)C1CNCc2ccccc21. The van der Waals surface area contributed by atoms with E-state index in [-0.39, 0.29) is 11.8 Å². The van der Waals surface area contributed by atoms with Crippen LogP contribution in [0.3, 0.4) is 0 Å². The maximum Gasteiger partial charge on any atom is 0.247 e. The number of carbonyl (C=O) groups excluding carboxylic acids is 1. The number of fused-ring (bicyclic) bond motifs is 1. The van der Waals surface area contributed by atoms with Gasteiger partial charge in [0, 0.05) is 25.5 Å². The number of amides is 1. The van der Waals surface area contributed by atoms with E-state index in [1.165, 1.54) is 5.56 Å². The molecule has 0 radical (unpaired) electrons. The van der Waals surface area contributed by atoms with Gasteiger partial charge in [0.1, 0.15) is 0 Å². The van der Waals surface area contributed by atoms with Crippen LogP contribution in [0.1, 0.15) is 17.0 Å². The maximum atomic E-state index is 12.3. The fraction of sp³-hybridized carbons (Fsp3) is 0.214. The minimum atomic E-state index is -0.127. The van der Waals surface area contributed by atoms with Crippen LogP contribution in [-0.4, -0.2) is 17.1 Å². The molecule has 1 amide bonds. The summed E-state index contributed by atoms with van der Waals surface area (Å²) in [5.74, 6) is -0.108. The van der Waals surface area contributed by atoms with Gasteiger partial charge in [-0.15, -0.1) is 0 Å². The number of benzene rings is 1. The van der Waals surface area contributed by atoms with Gasteiger partial charge in [-0.1, -0.05) is 24.3 Å². The van der Waals surface area contributed by atoms with E-state index in [0.29, 0.717) is 6.54 Å². The molecule has 1 atom stereocenters. The van der Waals surface area contributed by atoms with Gasteiger partial charge in [0.15, 0.2) is 0 Å². The van der Waals surface area contributed by atoms with E-state index in [0.717, 1.165) is 12.1 Å². The van der Waals surface area contributed by atoms with E-state index >= 15 is 0 Å². The highest BCUT2D eigenvalue weighted by Crippen LogP contribution is 2.23. The Bertz CT molecular complexity index is 548. The standard InChI is InChI=1S/C14H15N3O/c18-14(16-17-7-3-4-8-17)13-10-15-9-11-5-1-2-6-12(11)13/h1-8,13,15H,9-10H2,(H,16,18). The summed E-state index contributed by atoms with van der Waals surface area (Å²) in [5.41, 5.74) is 5.20. The average molecular weight is 241 g/mol. The Hall–Kier alpha value is -2.07. The van der Waals surface area contributed by atoms with Crippen LogP contribution in [0, 0.1) is 0 Å². The number of hydrogen-bond donors (Lipinski definition) is 2. The Balaban J connectivity index is 1.83. The van der Waals surface area contributed by atoms with E-state index < -0.39 is 0 Å². The topological polar surface area (TPSA) is 46.1 Å². The number of nitrogens with zero attached hydrogens (tertiary/aromatic N) is 1. The molecule has 4 heteroatoms. The van der Waals surface area contributed by atoms with Gasteiger partial charge in [0.2, 0.25) is 5.91 Å². The molecular weight excluding hydrogens is 226 g/mol. The molecule has 1 aliphatic rings. The lowest BCUT2D eigenvalue weighted by atomic mass is 9.90. The highest BCUT2D eigenvalue weighted by molar-refractivity contribution is 5.91. The van der Waals surface area contributed by atoms with Gasteiger partial charge in [-0.05, 0) is 23.3 Å². The van der Waals surface area contributed by atoms with Crippen molar-refractivity contribution in [1.82, 2.24) is 9.99 Å². The van der Waals surface area contributed by atoms with Gasteiger partial charge < -0.3 is 5.32 Å². The fourth-order valence-electron chi connectivity index (χ4n) is 2.34. The van der Waals surface area contributed by atoms with Gasteiger partial charge in [-0.2, -0.15) is 0 Å². The molecule has 4 nitrogen and oxygen atoms in total. The monoisotopic (exact) mass is 241 g/mol. The van der Waals surface area contributed by atoms with Crippen LogP contribution >= 0.6 is 0 Å². The number of nitrogens with one attached hydrogen (secondary N) is 2. The van der Waals surface area contributed by atoms with Gasteiger partial charge in [-0.3, -0.25) is 14.9 Å². The Morgan fingerprint density at radius 2 is 2.00 bits per heavy atom. The second kappa shape index (κ2) is 4.66. The first-order valence-electron chi connectivity index (χ1n) is 6.07. The van der Waals surface area contributed by atoms with Gasteiger partial charge in [-0.25, -0.2) is 0 Å². The number of hydrogen-bond acceptors (Lipinski definition) is 2. The van der Waals surface area contributed by atoms with Gasteiger partial charge >= 0.3 is 0 Å². The Morgan fingerprint density at radius 1 is 1.22 bits per heavy atom. The molecule has 0 saturated carbocycles. The van der Waals surface area contributed by atoms with E-state index in [4.69, 9.17) is 0 Å². The molecule has 2 N–H and O–H groups in total. The van der Waals surface area contributed by atoms with Crippen molar-refractivity contribution in [1.29, 1.82) is 0 Å². The zero-order chi connectivity index (χ0) is 12.4.